The maximum Gasteiger partial charge on any atom is 0.222 e. The molecule has 5 heteroatoms. The van der Waals surface area contributed by atoms with Gasteiger partial charge >= 0.3 is 0 Å². The van der Waals surface area contributed by atoms with Crippen molar-refractivity contribution >= 4 is 5.91 Å². The molecule has 0 bridgehead atoms. The molecule has 152 valence electrons. The largest absolute Gasteiger partial charge is 0.494 e. The highest BCUT2D eigenvalue weighted by atomic mass is 16.5. The van der Waals surface area contributed by atoms with E-state index >= 15 is 0 Å². The number of hydrogen-bond acceptors (Lipinski definition) is 4. The normalized spacial score (nSPS) is 15.5. The molecule has 0 spiro atoms. The van der Waals surface area contributed by atoms with Gasteiger partial charge in [0.1, 0.15) is 11.8 Å². The minimum Gasteiger partial charge on any atom is -0.494 e. The molecular weight excluding hydrogens is 362 g/mol. The van der Waals surface area contributed by atoms with Gasteiger partial charge in [0, 0.05) is 32.6 Å². The Morgan fingerprint density at radius 2 is 1.76 bits per heavy atom. The van der Waals surface area contributed by atoms with E-state index in [1.54, 1.807) is 0 Å². The number of hydrogen-bond donors (Lipinski definition) is 0. The summed E-state index contributed by atoms with van der Waals surface area (Å²) in [6.07, 6.45) is 2.19. The molecule has 0 aliphatic carbocycles. The molecule has 1 unspecified atom stereocenters. The quantitative estimate of drug-likeness (QED) is 0.642. The molecular formula is C24H29N3O2. The number of benzene rings is 2. The van der Waals surface area contributed by atoms with E-state index in [0.29, 0.717) is 32.5 Å². The van der Waals surface area contributed by atoms with Crippen molar-refractivity contribution in [2.45, 2.75) is 32.2 Å². The van der Waals surface area contributed by atoms with E-state index in [4.69, 9.17) is 4.74 Å². The number of rotatable bonds is 8. The lowest BCUT2D eigenvalue weighted by Crippen LogP contribution is -2.49. The highest BCUT2D eigenvalue weighted by molar-refractivity contribution is 5.76. The van der Waals surface area contributed by atoms with E-state index in [0.717, 1.165) is 30.8 Å². The third-order valence-electron chi connectivity index (χ3n) is 5.41. The number of aryl methyl sites for hydroxylation is 1. The average Bonchev–Trinajstić information content (AvgIpc) is 2.79. The van der Waals surface area contributed by atoms with E-state index in [9.17, 15) is 10.1 Å². The first kappa shape index (κ1) is 20.9. The van der Waals surface area contributed by atoms with Crippen molar-refractivity contribution in [1.29, 1.82) is 5.26 Å². The average molecular weight is 392 g/mol. The van der Waals surface area contributed by atoms with Gasteiger partial charge in [0.25, 0.3) is 0 Å². The van der Waals surface area contributed by atoms with Gasteiger partial charge in [0.2, 0.25) is 5.91 Å². The SMILES string of the molecule is CCc1ccc(C(C#N)N2CCN(C(=O)CCCOc3ccccc3)CC2)cc1. The lowest BCUT2D eigenvalue weighted by Gasteiger charge is -2.37. The van der Waals surface area contributed by atoms with E-state index in [1.165, 1.54) is 5.56 Å². The van der Waals surface area contributed by atoms with Crippen LogP contribution in [-0.2, 0) is 11.2 Å². The summed E-state index contributed by atoms with van der Waals surface area (Å²) in [6, 6.07) is 20.1. The van der Waals surface area contributed by atoms with E-state index in [2.05, 4.69) is 42.2 Å². The summed E-state index contributed by atoms with van der Waals surface area (Å²) in [5.41, 5.74) is 2.31. The van der Waals surface area contributed by atoms with Crippen molar-refractivity contribution in [1.82, 2.24) is 9.80 Å². The second-order valence-corrected chi connectivity index (χ2v) is 7.31. The number of nitriles is 1. The van der Waals surface area contributed by atoms with Crippen LogP contribution in [0.4, 0.5) is 0 Å². The molecule has 0 N–H and O–H groups in total. The van der Waals surface area contributed by atoms with Crippen LogP contribution in [0.2, 0.25) is 0 Å². The smallest absolute Gasteiger partial charge is 0.222 e. The molecule has 29 heavy (non-hydrogen) atoms. The first-order valence-corrected chi connectivity index (χ1v) is 10.4. The Kier molecular flexibility index (Phi) is 7.66. The number of nitrogens with zero attached hydrogens (tertiary/aromatic N) is 3. The molecule has 1 saturated heterocycles. The second-order valence-electron chi connectivity index (χ2n) is 7.31. The van der Waals surface area contributed by atoms with Crippen LogP contribution in [0.15, 0.2) is 54.6 Å². The maximum absolute atomic E-state index is 12.5. The highest BCUT2D eigenvalue weighted by Crippen LogP contribution is 2.22. The van der Waals surface area contributed by atoms with E-state index in [-0.39, 0.29) is 11.9 Å². The van der Waals surface area contributed by atoms with Crippen LogP contribution in [0.5, 0.6) is 5.75 Å². The molecule has 1 aliphatic rings. The topological polar surface area (TPSA) is 56.6 Å². The molecule has 3 rings (SSSR count). The van der Waals surface area contributed by atoms with Crippen LogP contribution >= 0.6 is 0 Å². The first-order chi connectivity index (χ1) is 14.2. The summed E-state index contributed by atoms with van der Waals surface area (Å²) in [5, 5.41) is 9.68. The number of piperazine rings is 1. The standard InChI is InChI=1S/C24H29N3O2/c1-2-20-10-12-21(13-11-20)23(19-25)26-14-16-27(17-15-26)24(28)9-6-18-29-22-7-4-3-5-8-22/h3-5,7-8,10-13,23H,2,6,9,14-18H2,1H3. The fraction of sp³-hybridized carbons (Fsp3) is 0.417. The minimum absolute atomic E-state index is 0.169. The van der Waals surface area contributed by atoms with Crippen molar-refractivity contribution in [3.8, 4) is 11.8 Å². The second kappa shape index (κ2) is 10.6. The van der Waals surface area contributed by atoms with Gasteiger partial charge in [-0.1, -0.05) is 49.4 Å². The lowest BCUT2D eigenvalue weighted by molar-refractivity contribution is -0.133. The van der Waals surface area contributed by atoms with E-state index < -0.39 is 0 Å². The third kappa shape index (κ3) is 5.82. The summed E-state index contributed by atoms with van der Waals surface area (Å²) in [5.74, 6) is 1.00. The van der Waals surface area contributed by atoms with Gasteiger partial charge in [0.05, 0.1) is 12.7 Å². The zero-order valence-electron chi connectivity index (χ0n) is 17.1. The number of carbonyl (C=O) groups excluding carboxylic acids is 1. The molecule has 0 radical (unpaired) electrons. The van der Waals surface area contributed by atoms with Crippen LogP contribution in [-0.4, -0.2) is 48.5 Å². The van der Waals surface area contributed by atoms with Gasteiger partial charge in [-0.3, -0.25) is 9.69 Å². The summed E-state index contributed by atoms with van der Waals surface area (Å²) in [7, 11) is 0. The molecule has 1 atom stereocenters. The van der Waals surface area contributed by atoms with Crippen molar-refractivity contribution in [2.75, 3.05) is 32.8 Å². The van der Waals surface area contributed by atoms with Crippen LogP contribution < -0.4 is 4.74 Å². The summed E-state index contributed by atoms with van der Waals surface area (Å²) < 4.78 is 5.66. The Hall–Kier alpha value is -2.84. The zero-order valence-corrected chi connectivity index (χ0v) is 17.1. The predicted molar refractivity (Wildman–Crippen MR) is 113 cm³/mol. The number of ether oxygens (including phenoxy) is 1. The maximum atomic E-state index is 12.5. The Morgan fingerprint density at radius 1 is 1.07 bits per heavy atom. The minimum atomic E-state index is -0.252. The molecule has 2 aromatic rings. The fourth-order valence-corrected chi connectivity index (χ4v) is 3.62. The van der Waals surface area contributed by atoms with Gasteiger partial charge in [-0.05, 0) is 36.1 Å². The zero-order chi connectivity index (χ0) is 20.5. The Balaban J connectivity index is 1.42. The molecule has 1 aliphatic heterocycles. The number of para-hydroxylation sites is 1. The molecule has 1 heterocycles. The fourth-order valence-electron chi connectivity index (χ4n) is 3.62. The molecule has 1 fully saturated rings. The summed E-state index contributed by atoms with van der Waals surface area (Å²) in [4.78, 5) is 16.6. The van der Waals surface area contributed by atoms with Crippen molar-refractivity contribution in [2.24, 2.45) is 0 Å². The predicted octanol–water partition coefficient (Wildman–Crippen LogP) is 3.82. The highest BCUT2D eigenvalue weighted by Gasteiger charge is 2.26. The van der Waals surface area contributed by atoms with Gasteiger partial charge in [-0.15, -0.1) is 0 Å². The van der Waals surface area contributed by atoms with Crippen molar-refractivity contribution in [3.05, 3.63) is 65.7 Å². The monoisotopic (exact) mass is 391 g/mol. The molecule has 2 aromatic carbocycles. The number of amides is 1. The van der Waals surface area contributed by atoms with Crippen LogP contribution in [0.1, 0.15) is 36.9 Å². The van der Waals surface area contributed by atoms with Gasteiger partial charge in [-0.25, -0.2) is 0 Å². The Bertz CT molecular complexity index is 806. The number of carbonyl (C=O) groups is 1. The summed E-state index contributed by atoms with van der Waals surface area (Å²) in [6.45, 7) is 5.45. The van der Waals surface area contributed by atoms with Crippen LogP contribution in [0.25, 0.3) is 0 Å². The Labute approximate surface area is 173 Å². The Morgan fingerprint density at radius 3 is 2.38 bits per heavy atom. The van der Waals surface area contributed by atoms with Crippen LogP contribution in [0, 0.1) is 11.3 Å². The lowest BCUT2D eigenvalue weighted by atomic mass is 10.0. The molecule has 0 saturated carbocycles. The van der Waals surface area contributed by atoms with Gasteiger partial charge < -0.3 is 9.64 Å². The molecule has 0 aromatic heterocycles. The molecule has 1 amide bonds. The summed E-state index contributed by atoms with van der Waals surface area (Å²) >= 11 is 0. The van der Waals surface area contributed by atoms with Gasteiger partial charge in [-0.2, -0.15) is 5.26 Å². The van der Waals surface area contributed by atoms with E-state index in [1.807, 2.05) is 35.2 Å². The van der Waals surface area contributed by atoms with Crippen LogP contribution in [0.3, 0.4) is 0 Å². The molecule has 5 nitrogen and oxygen atoms in total. The van der Waals surface area contributed by atoms with Gasteiger partial charge in [0.15, 0.2) is 0 Å². The van der Waals surface area contributed by atoms with Crippen molar-refractivity contribution in [3.63, 3.8) is 0 Å². The third-order valence-corrected chi connectivity index (χ3v) is 5.41. The van der Waals surface area contributed by atoms with Crippen molar-refractivity contribution < 1.29 is 9.53 Å². The first-order valence-electron chi connectivity index (χ1n) is 10.4.